The smallest absolute Gasteiger partial charge is 0.374 e. The zero-order chi connectivity index (χ0) is 7.98. The van der Waals surface area contributed by atoms with E-state index in [0.717, 1.165) is 7.11 Å². The first kappa shape index (κ1) is 8.81. The Balaban J connectivity index is 3.62. The van der Waals surface area contributed by atoms with E-state index in [4.69, 9.17) is 0 Å². The second-order valence-electron chi connectivity index (χ2n) is 1.62. The van der Waals surface area contributed by atoms with Gasteiger partial charge in [0, 0.05) is 12.8 Å². The average molecular weight is 144 g/mol. The van der Waals surface area contributed by atoms with Crippen molar-refractivity contribution in [2.75, 3.05) is 7.11 Å². The highest BCUT2D eigenvalue weighted by Crippen LogP contribution is 1.88. The van der Waals surface area contributed by atoms with Gasteiger partial charge in [-0.3, -0.25) is 4.79 Å². The van der Waals surface area contributed by atoms with Crippen molar-refractivity contribution in [1.82, 2.24) is 0 Å². The van der Waals surface area contributed by atoms with Crippen LogP contribution in [0, 0.1) is 0 Å². The molecule has 0 aliphatic rings. The average Bonchev–Trinajstić information content (AvgIpc) is 1.98. The summed E-state index contributed by atoms with van der Waals surface area (Å²) in [5.41, 5.74) is 0. The van der Waals surface area contributed by atoms with Gasteiger partial charge < -0.3 is 9.53 Å². The van der Waals surface area contributed by atoms with Crippen molar-refractivity contribution < 1.29 is 19.1 Å². The number of carbonyl (C=O) groups excluding carboxylic acids is 3. The maximum atomic E-state index is 10.5. The van der Waals surface area contributed by atoms with Crippen LogP contribution in [0.5, 0.6) is 0 Å². The molecule has 4 nitrogen and oxygen atoms in total. The zero-order valence-corrected chi connectivity index (χ0v) is 5.62. The first-order valence-corrected chi connectivity index (χ1v) is 2.77. The summed E-state index contributed by atoms with van der Waals surface area (Å²) in [6, 6.07) is 0. The molecule has 0 saturated carbocycles. The van der Waals surface area contributed by atoms with Crippen molar-refractivity contribution in [2.24, 2.45) is 0 Å². The van der Waals surface area contributed by atoms with Gasteiger partial charge in [-0.25, -0.2) is 4.79 Å². The van der Waals surface area contributed by atoms with Gasteiger partial charge in [0.15, 0.2) is 0 Å². The minimum Gasteiger partial charge on any atom is -0.463 e. The molecule has 0 heterocycles. The lowest BCUT2D eigenvalue weighted by Crippen LogP contribution is -2.14. The number of hydrogen-bond donors (Lipinski definition) is 0. The molecule has 0 unspecified atom stereocenters. The second kappa shape index (κ2) is 4.67. The summed E-state index contributed by atoms with van der Waals surface area (Å²) in [4.78, 5) is 30.5. The third-order valence-electron chi connectivity index (χ3n) is 0.902. The third-order valence-corrected chi connectivity index (χ3v) is 0.902. The third kappa shape index (κ3) is 2.96. The normalized spacial score (nSPS) is 8.50. The van der Waals surface area contributed by atoms with Crippen LogP contribution in [0.2, 0.25) is 0 Å². The SMILES string of the molecule is COC(=O)C(=O)CCC=O. The molecule has 0 radical (unpaired) electrons. The fourth-order valence-corrected chi connectivity index (χ4v) is 0.406. The van der Waals surface area contributed by atoms with Crippen molar-refractivity contribution in [3.05, 3.63) is 0 Å². The molecule has 0 aromatic heterocycles. The maximum absolute atomic E-state index is 10.5. The summed E-state index contributed by atoms with van der Waals surface area (Å²) in [5.74, 6) is -1.54. The van der Waals surface area contributed by atoms with Gasteiger partial charge in [-0.1, -0.05) is 0 Å². The van der Waals surface area contributed by atoms with Gasteiger partial charge >= 0.3 is 5.97 Å². The topological polar surface area (TPSA) is 60.4 Å². The quantitative estimate of drug-likeness (QED) is 0.309. The van der Waals surface area contributed by atoms with E-state index >= 15 is 0 Å². The first-order chi connectivity index (χ1) is 4.72. The Bertz CT molecular complexity index is 150. The van der Waals surface area contributed by atoms with Crippen molar-refractivity contribution >= 4 is 18.0 Å². The van der Waals surface area contributed by atoms with Crippen LogP contribution in [0.15, 0.2) is 0 Å². The van der Waals surface area contributed by atoms with Gasteiger partial charge in [-0.2, -0.15) is 0 Å². The number of carbonyl (C=O) groups is 3. The summed E-state index contributed by atoms with van der Waals surface area (Å²) in [6.07, 6.45) is 0.602. The van der Waals surface area contributed by atoms with Gasteiger partial charge in [0.05, 0.1) is 7.11 Å². The largest absolute Gasteiger partial charge is 0.463 e. The molecule has 10 heavy (non-hydrogen) atoms. The van der Waals surface area contributed by atoms with E-state index in [1.54, 1.807) is 0 Å². The van der Waals surface area contributed by atoms with Crippen LogP contribution in [-0.2, 0) is 19.1 Å². The van der Waals surface area contributed by atoms with Gasteiger partial charge in [-0.05, 0) is 0 Å². The predicted octanol–water partition coefficient (Wildman–Crippen LogP) is -0.292. The van der Waals surface area contributed by atoms with Crippen LogP contribution < -0.4 is 0 Å². The van der Waals surface area contributed by atoms with Crippen molar-refractivity contribution in [2.45, 2.75) is 12.8 Å². The number of rotatable bonds is 4. The number of methoxy groups -OCH3 is 1. The Morgan fingerprint density at radius 3 is 2.50 bits per heavy atom. The molecule has 56 valence electrons. The van der Waals surface area contributed by atoms with Crippen molar-refractivity contribution in [3.63, 3.8) is 0 Å². The zero-order valence-electron chi connectivity index (χ0n) is 5.62. The highest BCUT2D eigenvalue weighted by molar-refractivity contribution is 6.33. The number of aldehydes is 1. The number of Topliss-reactive ketones (excluding diaryl/α,β-unsaturated/α-hetero) is 1. The second-order valence-corrected chi connectivity index (χ2v) is 1.62. The van der Waals surface area contributed by atoms with E-state index < -0.39 is 11.8 Å². The molecule has 0 bridgehead atoms. The van der Waals surface area contributed by atoms with E-state index in [9.17, 15) is 14.4 Å². The highest BCUT2D eigenvalue weighted by Gasteiger charge is 2.11. The van der Waals surface area contributed by atoms with Crippen LogP contribution in [0.25, 0.3) is 0 Å². The highest BCUT2D eigenvalue weighted by atomic mass is 16.5. The standard InChI is InChI=1S/C6H8O4/c1-10-6(9)5(8)3-2-4-7/h4H,2-3H2,1H3. The summed E-state index contributed by atoms with van der Waals surface area (Å²) < 4.78 is 4.10. The summed E-state index contributed by atoms with van der Waals surface area (Å²) in [7, 11) is 1.13. The van der Waals surface area contributed by atoms with Gasteiger partial charge in [0.1, 0.15) is 6.29 Å². The maximum Gasteiger partial charge on any atom is 0.374 e. The fraction of sp³-hybridized carbons (Fsp3) is 0.500. The monoisotopic (exact) mass is 144 g/mol. The minimum atomic E-state index is -0.887. The predicted molar refractivity (Wildman–Crippen MR) is 32.3 cm³/mol. The molecular weight excluding hydrogens is 136 g/mol. The molecule has 0 spiro atoms. The van der Waals surface area contributed by atoms with Gasteiger partial charge in [0.25, 0.3) is 0 Å². The Morgan fingerprint density at radius 2 is 2.10 bits per heavy atom. The molecule has 0 N–H and O–H groups in total. The molecule has 0 aromatic rings. The van der Waals surface area contributed by atoms with Crippen LogP contribution in [0.3, 0.4) is 0 Å². The van der Waals surface area contributed by atoms with Crippen LogP contribution in [0.4, 0.5) is 0 Å². The molecule has 0 saturated heterocycles. The summed E-state index contributed by atoms with van der Waals surface area (Å²) in [5, 5.41) is 0. The van der Waals surface area contributed by atoms with E-state index in [-0.39, 0.29) is 12.8 Å². The van der Waals surface area contributed by atoms with E-state index in [1.807, 2.05) is 0 Å². The van der Waals surface area contributed by atoms with Gasteiger partial charge in [-0.15, -0.1) is 0 Å². The molecule has 0 fully saturated rings. The molecule has 0 atom stereocenters. The van der Waals surface area contributed by atoms with Crippen molar-refractivity contribution in [3.8, 4) is 0 Å². The van der Waals surface area contributed by atoms with Crippen LogP contribution in [-0.4, -0.2) is 25.1 Å². The number of esters is 1. The summed E-state index contributed by atoms with van der Waals surface area (Å²) >= 11 is 0. The molecule has 0 rings (SSSR count). The minimum absolute atomic E-state index is 0.0594. The Hall–Kier alpha value is -1.19. The number of ether oxygens (including phenoxy) is 1. The Morgan fingerprint density at radius 1 is 1.50 bits per heavy atom. The number of ketones is 1. The lowest BCUT2D eigenvalue weighted by atomic mass is 10.2. The lowest BCUT2D eigenvalue weighted by Gasteiger charge is -1.92. The molecular formula is C6H8O4. The molecule has 0 aliphatic heterocycles. The van der Waals surface area contributed by atoms with E-state index in [2.05, 4.69) is 4.74 Å². The Labute approximate surface area is 58.2 Å². The number of hydrogen-bond acceptors (Lipinski definition) is 4. The molecule has 0 aliphatic carbocycles. The molecule has 0 aromatic carbocycles. The van der Waals surface area contributed by atoms with Crippen LogP contribution >= 0.6 is 0 Å². The fourth-order valence-electron chi connectivity index (χ4n) is 0.406. The van der Waals surface area contributed by atoms with E-state index in [0.29, 0.717) is 6.29 Å². The molecule has 4 heteroatoms. The van der Waals surface area contributed by atoms with Crippen LogP contribution in [0.1, 0.15) is 12.8 Å². The van der Waals surface area contributed by atoms with E-state index in [1.165, 1.54) is 0 Å². The summed E-state index contributed by atoms with van der Waals surface area (Å²) in [6.45, 7) is 0. The van der Waals surface area contributed by atoms with Crippen molar-refractivity contribution in [1.29, 1.82) is 0 Å². The first-order valence-electron chi connectivity index (χ1n) is 2.77. The van der Waals surface area contributed by atoms with Gasteiger partial charge in [0.2, 0.25) is 5.78 Å². The molecule has 0 amide bonds. The Kier molecular flexibility index (Phi) is 4.11. The lowest BCUT2D eigenvalue weighted by molar-refractivity contribution is -0.151.